The van der Waals surface area contributed by atoms with Gasteiger partial charge in [-0.15, -0.1) is 0 Å². The predicted octanol–water partition coefficient (Wildman–Crippen LogP) is 2.70. The second kappa shape index (κ2) is 6.48. The molecule has 19 heavy (non-hydrogen) atoms. The summed E-state index contributed by atoms with van der Waals surface area (Å²) in [4.78, 5) is 4.62. The smallest absolute Gasteiger partial charge is 0.0782 e. The molecule has 0 saturated carbocycles. The van der Waals surface area contributed by atoms with Crippen LogP contribution in [0.15, 0.2) is 30.6 Å². The topological polar surface area (TPSA) is 42.7 Å². The fourth-order valence-corrected chi connectivity index (χ4v) is 2.20. The second-order valence-electron chi connectivity index (χ2n) is 4.73. The van der Waals surface area contributed by atoms with Crippen LogP contribution in [0, 0.1) is 6.92 Å². The minimum Gasteiger partial charge on any atom is -0.305 e. The van der Waals surface area contributed by atoms with Crippen molar-refractivity contribution in [1.82, 2.24) is 20.1 Å². The van der Waals surface area contributed by atoms with Gasteiger partial charge in [-0.3, -0.25) is 9.67 Å². The van der Waals surface area contributed by atoms with Crippen LogP contribution in [0.4, 0.5) is 0 Å². The zero-order chi connectivity index (χ0) is 13.7. The van der Waals surface area contributed by atoms with Crippen molar-refractivity contribution >= 4 is 0 Å². The van der Waals surface area contributed by atoms with E-state index < -0.39 is 0 Å². The Bertz CT molecular complexity index is 518. The molecule has 2 heterocycles. The van der Waals surface area contributed by atoms with Gasteiger partial charge in [0, 0.05) is 24.0 Å². The van der Waals surface area contributed by atoms with Gasteiger partial charge in [-0.1, -0.05) is 19.9 Å². The van der Waals surface area contributed by atoms with Gasteiger partial charge in [0.05, 0.1) is 17.9 Å². The van der Waals surface area contributed by atoms with E-state index in [1.165, 1.54) is 5.56 Å². The average Bonchev–Trinajstić information content (AvgIpc) is 2.85. The molecule has 1 unspecified atom stereocenters. The molecule has 0 bridgehead atoms. The van der Waals surface area contributed by atoms with Crippen molar-refractivity contribution in [1.29, 1.82) is 0 Å². The minimum absolute atomic E-state index is 0.121. The first-order chi connectivity index (χ1) is 9.24. The standard InChI is InChI=1S/C15H22N4/c1-4-9-19-11-13(10-17-19)15(16-5-2)14-8-6-7-12(3)18-14/h6-8,10-11,15-16H,4-5,9H2,1-3H3. The lowest BCUT2D eigenvalue weighted by molar-refractivity contribution is 0.594. The highest BCUT2D eigenvalue weighted by atomic mass is 15.3. The predicted molar refractivity (Wildman–Crippen MR) is 77.0 cm³/mol. The van der Waals surface area contributed by atoms with Crippen molar-refractivity contribution in [3.8, 4) is 0 Å². The molecule has 102 valence electrons. The highest BCUT2D eigenvalue weighted by molar-refractivity contribution is 5.25. The van der Waals surface area contributed by atoms with Crippen molar-refractivity contribution in [2.75, 3.05) is 6.54 Å². The molecular weight excluding hydrogens is 236 g/mol. The Labute approximate surface area is 114 Å². The maximum absolute atomic E-state index is 4.62. The number of aromatic nitrogens is 3. The molecule has 2 rings (SSSR count). The molecule has 4 nitrogen and oxygen atoms in total. The molecule has 0 aliphatic carbocycles. The van der Waals surface area contributed by atoms with E-state index in [9.17, 15) is 0 Å². The van der Waals surface area contributed by atoms with Gasteiger partial charge in [-0.2, -0.15) is 5.10 Å². The summed E-state index contributed by atoms with van der Waals surface area (Å²) in [5, 5.41) is 7.89. The molecular formula is C15H22N4. The van der Waals surface area contributed by atoms with Gasteiger partial charge in [0.15, 0.2) is 0 Å². The third-order valence-corrected chi connectivity index (χ3v) is 3.05. The highest BCUT2D eigenvalue weighted by Crippen LogP contribution is 2.20. The van der Waals surface area contributed by atoms with Crippen LogP contribution in [0.1, 0.15) is 43.3 Å². The molecule has 2 aromatic heterocycles. The fraction of sp³-hybridized carbons (Fsp3) is 0.467. The van der Waals surface area contributed by atoms with Gasteiger partial charge in [-0.05, 0) is 32.0 Å². The molecule has 0 aromatic carbocycles. The number of nitrogens with zero attached hydrogens (tertiary/aromatic N) is 3. The Hall–Kier alpha value is -1.68. The first-order valence-electron chi connectivity index (χ1n) is 6.93. The molecule has 1 N–H and O–H groups in total. The Morgan fingerprint density at radius 3 is 2.84 bits per heavy atom. The molecule has 0 spiro atoms. The van der Waals surface area contributed by atoms with E-state index in [2.05, 4.69) is 47.6 Å². The summed E-state index contributed by atoms with van der Waals surface area (Å²) < 4.78 is 2.00. The zero-order valence-electron chi connectivity index (χ0n) is 11.9. The summed E-state index contributed by atoms with van der Waals surface area (Å²) in [6.45, 7) is 8.15. The Kier molecular flexibility index (Phi) is 4.68. The largest absolute Gasteiger partial charge is 0.305 e. The van der Waals surface area contributed by atoms with Gasteiger partial charge in [0.1, 0.15) is 0 Å². The van der Waals surface area contributed by atoms with Crippen molar-refractivity contribution < 1.29 is 0 Å². The SMILES string of the molecule is CCCn1cc(C(NCC)c2cccc(C)n2)cn1. The quantitative estimate of drug-likeness (QED) is 0.866. The van der Waals surface area contributed by atoms with Crippen LogP contribution in [0.25, 0.3) is 0 Å². The maximum atomic E-state index is 4.62. The highest BCUT2D eigenvalue weighted by Gasteiger charge is 2.16. The first-order valence-corrected chi connectivity index (χ1v) is 6.93. The van der Waals surface area contributed by atoms with Gasteiger partial charge in [-0.25, -0.2) is 0 Å². The molecule has 0 fully saturated rings. The normalized spacial score (nSPS) is 12.6. The summed E-state index contributed by atoms with van der Waals surface area (Å²) in [6, 6.07) is 6.26. The van der Waals surface area contributed by atoms with E-state index in [1.54, 1.807) is 0 Å². The third kappa shape index (κ3) is 3.41. The number of nitrogens with one attached hydrogen (secondary N) is 1. The van der Waals surface area contributed by atoms with Crippen molar-refractivity contribution in [3.63, 3.8) is 0 Å². The molecule has 0 aliphatic rings. The molecule has 0 saturated heterocycles. The number of aryl methyl sites for hydroxylation is 2. The minimum atomic E-state index is 0.121. The van der Waals surface area contributed by atoms with E-state index in [-0.39, 0.29) is 6.04 Å². The lowest BCUT2D eigenvalue weighted by atomic mass is 10.1. The van der Waals surface area contributed by atoms with Crippen LogP contribution in [0.3, 0.4) is 0 Å². The second-order valence-corrected chi connectivity index (χ2v) is 4.73. The van der Waals surface area contributed by atoms with Crippen LogP contribution in [-0.4, -0.2) is 21.3 Å². The Morgan fingerprint density at radius 1 is 1.32 bits per heavy atom. The van der Waals surface area contributed by atoms with Crippen LogP contribution in [-0.2, 0) is 6.54 Å². The van der Waals surface area contributed by atoms with E-state index in [4.69, 9.17) is 0 Å². The molecule has 0 aliphatic heterocycles. The number of hydrogen-bond acceptors (Lipinski definition) is 3. The van der Waals surface area contributed by atoms with E-state index >= 15 is 0 Å². The van der Waals surface area contributed by atoms with E-state index in [0.29, 0.717) is 0 Å². The van der Waals surface area contributed by atoms with Crippen LogP contribution in [0.2, 0.25) is 0 Å². The molecule has 0 amide bonds. The summed E-state index contributed by atoms with van der Waals surface area (Å²) in [5.74, 6) is 0. The summed E-state index contributed by atoms with van der Waals surface area (Å²) >= 11 is 0. The van der Waals surface area contributed by atoms with Gasteiger partial charge in [0.2, 0.25) is 0 Å². The molecule has 1 atom stereocenters. The summed E-state index contributed by atoms with van der Waals surface area (Å²) in [7, 11) is 0. The van der Waals surface area contributed by atoms with Crippen LogP contribution >= 0.6 is 0 Å². The zero-order valence-corrected chi connectivity index (χ0v) is 11.9. The average molecular weight is 258 g/mol. The van der Waals surface area contributed by atoms with Crippen molar-refractivity contribution in [3.05, 3.63) is 47.5 Å². The van der Waals surface area contributed by atoms with E-state index in [1.807, 2.05) is 23.9 Å². The molecule has 2 aromatic rings. The number of pyridine rings is 1. The van der Waals surface area contributed by atoms with Gasteiger partial charge < -0.3 is 5.32 Å². The summed E-state index contributed by atoms with van der Waals surface area (Å²) in [6.07, 6.45) is 5.14. The lowest BCUT2D eigenvalue weighted by Crippen LogP contribution is -2.22. The van der Waals surface area contributed by atoms with Crippen LogP contribution in [0.5, 0.6) is 0 Å². The number of rotatable bonds is 6. The van der Waals surface area contributed by atoms with Gasteiger partial charge in [0.25, 0.3) is 0 Å². The lowest BCUT2D eigenvalue weighted by Gasteiger charge is -2.16. The Balaban J connectivity index is 2.28. The van der Waals surface area contributed by atoms with Crippen molar-refractivity contribution in [2.45, 2.75) is 39.8 Å². The van der Waals surface area contributed by atoms with E-state index in [0.717, 1.165) is 30.9 Å². The maximum Gasteiger partial charge on any atom is 0.0782 e. The number of hydrogen-bond donors (Lipinski definition) is 1. The third-order valence-electron chi connectivity index (χ3n) is 3.05. The van der Waals surface area contributed by atoms with Crippen LogP contribution < -0.4 is 5.32 Å². The van der Waals surface area contributed by atoms with Gasteiger partial charge >= 0.3 is 0 Å². The fourth-order valence-electron chi connectivity index (χ4n) is 2.20. The molecule has 0 radical (unpaired) electrons. The van der Waals surface area contributed by atoms with Crippen molar-refractivity contribution in [2.24, 2.45) is 0 Å². The summed E-state index contributed by atoms with van der Waals surface area (Å²) in [5.41, 5.74) is 3.27. The monoisotopic (exact) mass is 258 g/mol. The molecule has 4 heteroatoms. The first kappa shape index (κ1) is 13.7. The Morgan fingerprint density at radius 2 is 2.16 bits per heavy atom.